The summed E-state index contributed by atoms with van der Waals surface area (Å²) in [5.74, 6) is -0.912. The first kappa shape index (κ1) is 18.7. The zero-order valence-electron chi connectivity index (χ0n) is 14.2. The minimum Gasteiger partial charge on any atom is -0.394 e. The Morgan fingerprint density at radius 1 is 1.24 bits per heavy atom. The highest BCUT2D eigenvalue weighted by Crippen LogP contribution is 2.39. The van der Waals surface area contributed by atoms with Gasteiger partial charge in [0.05, 0.1) is 11.5 Å². The van der Waals surface area contributed by atoms with Crippen molar-refractivity contribution >= 4 is 10.1 Å². The third kappa shape index (κ3) is 3.72. The largest absolute Gasteiger partial charge is 0.394 e. The van der Waals surface area contributed by atoms with E-state index < -0.39 is 53.2 Å². The number of aliphatic hydroxyl groups excluding tert-OH is 2. The van der Waals surface area contributed by atoms with Crippen molar-refractivity contribution in [3.8, 4) is 0 Å². The van der Waals surface area contributed by atoms with Crippen LogP contribution in [0.2, 0.25) is 0 Å². The second kappa shape index (κ2) is 6.58. The standard InChI is InChI=1S/C16H22O8S/c1-9-4-6-10(7-5-9)25(19,20)24-11(8-17)13-12(18)14-15(21-13)23-16(2,3)22-14/h4-7,11-15,17-18H,8H2,1-3H3/t11-,12-,13-,14-,15-/m1/s1. The molecule has 3 rings (SSSR count). The highest BCUT2D eigenvalue weighted by molar-refractivity contribution is 7.86. The number of hydrogen-bond donors (Lipinski definition) is 2. The predicted octanol–water partition coefficient (Wildman–Crippen LogP) is 0.299. The molecular weight excluding hydrogens is 352 g/mol. The second-order valence-electron chi connectivity index (χ2n) is 6.64. The van der Waals surface area contributed by atoms with E-state index in [1.165, 1.54) is 12.1 Å². The van der Waals surface area contributed by atoms with Crippen molar-refractivity contribution in [2.75, 3.05) is 6.61 Å². The molecule has 0 saturated carbocycles. The van der Waals surface area contributed by atoms with Crippen molar-refractivity contribution in [1.29, 1.82) is 0 Å². The molecule has 0 aliphatic carbocycles. The maximum Gasteiger partial charge on any atom is 0.297 e. The van der Waals surface area contributed by atoms with Crippen LogP contribution in [-0.4, -0.2) is 61.7 Å². The Hall–Kier alpha value is -1.07. The molecule has 0 bridgehead atoms. The molecule has 2 aliphatic heterocycles. The summed E-state index contributed by atoms with van der Waals surface area (Å²) >= 11 is 0. The summed E-state index contributed by atoms with van der Waals surface area (Å²) in [7, 11) is -4.13. The Kier molecular flexibility index (Phi) is 4.93. The van der Waals surface area contributed by atoms with E-state index in [0.717, 1.165) is 5.56 Å². The Labute approximate surface area is 146 Å². The van der Waals surface area contributed by atoms with E-state index in [-0.39, 0.29) is 4.90 Å². The Balaban J connectivity index is 1.74. The summed E-state index contributed by atoms with van der Waals surface area (Å²) in [6.07, 6.45) is -5.22. The average molecular weight is 374 g/mol. The molecule has 1 aromatic carbocycles. The summed E-state index contributed by atoms with van der Waals surface area (Å²) in [6, 6.07) is 6.10. The molecule has 25 heavy (non-hydrogen) atoms. The molecule has 0 radical (unpaired) electrons. The fourth-order valence-electron chi connectivity index (χ4n) is 2.94. The first-order valence-corrected chi connectivity index (χ1v) is 9.34. The van der Waals surface area contributed by atoms with Crippen molar-refractivity contribution in [2.24, 2.45) is 0 Å². The molecule has 9 heteroatoms. The van der Waals surface area contributed by atoms with E-state index in [9.17, 15) is 18.6 Å². The fraction of sp³-hybridized carbons (Fsp3) is 0.625. The van der Waals surface area contributed by atoms with Crippen LogP contribution in [0, 0.1) is 6.92 Å². The molecule has 2 aliphatic rings. The first-order valence-electron chi connectivity index (χ1n) is 7.93. The summed E-state index contributed by atoms with van der Waals surface area (Å²) in [4.78, 5) is -0.0436. The highest BCUT2D eigenvalue weighted by Gasteiger charge is 2.56. The van der Waals surface area contributed by atoms with Crippen LogP contribution in [-0.2, 0) is 28.5 Å². The van der Waals surface area contributed by atoms with E-state index in [4.69, 9.17) is 18.4 Å². The molecule has 1 aromatic rings. The molecule has 2 fully saturated rings. The van der Waals surface area contributed by atoms with E-state index in [2.05, 4.69) is 0 Å². The maximum absolute atomic E-state index is 12.4. The first-order chi connectivity index (χ1) is 11.6. The van der Waals surface area contributed by atoms with Gasteiger partial charge in [-0.1, -0.05) is 17.7 Å². The number of ether oxygens (including phenoxy) is 3. The molecule has 0 aromatic heterocycles. The monoisotopic (exact) mass is 374 g/mol. The van der Waals surface area contributed by atoms with Gasteiger partial charge in [-0.15, -0.1) is 0 Å². The molecule has 0 spiro atoms. The van der Waals surface area contributed by atoms with Gasteiger partial charge in [0.1, 0.15) is 24.4 Å². The number of aliphatic hydroxyl groups is 2. The SMILES string of the molecule is Cc1ccc(S(=O)(=O)O[C@H](CO)[C@H]2O[C@@H]3OC(C)(C)O[C@@H]3[C@@H]2O)cc1. The minimum atomic E-state index is -4.13. The average Bonchev–Trinajstić information content (AvgIpc) is 2.99. The van der Waals surface area contributed by atoms with Gasteiger partial charge < -0.3 is 24.4 Å². The highest BCUT2D eigenvalue weighted by atomic mass is 32.2. The summed E-state index contributed by atoms with van der Waals surface area (Å²) in [5.41, 5.74) is 0.900. The second-order valence-corrected chi connectivity index (χ2v) is 8.22. The quantitative estimate of drug-likeness (QED) is 0.708. The molecule has 0 amide bonds. The van der Waals surface area contributed by atoms with E-state index in [0.29, 0.717) is 0 Å². The van der Waals surface area contributed by atoms with Gasteiger partial charge >= 0.3 is 0 Å². The lowest BCUT2D eigenvalue weighted by atomic mass is 10.1. The van der Waals surface area contributed by atoms with Crippen molar-refractivity contribution in [3.05, 3.63) is 29.8 Å². The Bertz CT molecular complexity index is 714. The minimum absolute atomic E-state index is 0.0436. The van der Waals surface area contributed by atoms with Gasteiger partial charge in [-0.05, 0) is 32.9 Å². The van der Waals surface area contributed by atoms with Crippen molar-refractivity contribution < 1.29 is 37.0 Å². The molecular formula is C16H22O8S. The van der Waals surface area contributed by atoms with Gasteiger partial charge in [0.2, 0.25) is 0 Å². The van der Waals surface area contributed by atoms with Crippen LogP contribution in [0.1, 0.15) is 19.4 Å². The number of aryl methyl sites for hydroxylation is 1. The normalized spacial score (nSPS) is 32.5. The van der Waals surface area contributed by atoms with Gasteiger partial charge in [0, 0.05) is 0 Å². The molecule has 2 N–H and O–H groups in total. The van der Waals surface area contributed by atoms with Gasteiger partial charge in [-0.3, -0.25) is 4.18 Å². The van der Waals surface area contributed by atoms with E-state index in [1.807, 2.05) is 6.92 Å². The summed E-state index contributed by atoms with van der Waals surface area (Å²) < 4.78 is 46.5. The molecule has 5 atom stereocenters. The molecule has 140 valence electrons. The zero-order valence-corrected chi connectivity index (χ0v) is 15.0. The number of fused-ring (bicyclic) bond motifs is 1. The van der Waals surface area contributed by atoms with E-state index >= 15 is 0 Å². The van der Waals surface area contributed by atoms with Crippen LogP contribution in [0.4, 0.5) is 0 Å². The Morgan fingerprint density at radius 3 is 2.44 bits per heavy atom. The van der Waals surface area contributed by atoms with E-state index in [1.54, 1.807) is 26.0 Å². The number of rotatable bonds is 5. The van der Waals surface area contributed by atoms with Crippen LogP contribution in [0.5, 0.6) is 0 Å². The van der Waals surface area contributed by atoms with Crippen LogP contribution >= 0.6 is 0 Å². The lowest BCUT2D eigenvalue weighted by molar-refractivity contribution is -0.225. The van der Waals surface area contributed by atoms with Gasteiger partial charge in [-0.2, -0.15) is 8.42 Å². The van der Waals surface area contributed by atoms with Crippen LogP contribution in [0.3, 0.4) is 0 Å². The van der Waals surface area contributed by atoms with Gasteiger partial charge in [-0.25, -0.2) is 0 Å². The number of benzene rings is 1. The lowest BCUT2D eigenvalue weighted by Gasteiger charge is -2.27. The molecule has 0 unspecified atom stereocenters. The molecule has 2 heterocycles. The fourth-order valence-corrected chi connectivity index (χ4v) is 4.01. The number of hydrogen-bond acceptors (Lipinski definition) is 8. The van der Waals surface area contributed by atoms with Crippen molar-refractivity contribution in [2.45, 2.75) is 62.2 Å². The lowest BCUT2D eigenvalue weighted by Crippen LogP contribution is -2.44. The molecule has 8 nitrogen and oxygen atoms in total. The summed E-state index contributed by atoms with van der Waals surface area (Å²) in [5, 5.41) is 19.9. The molecule has 2 saturated heterocycles. The van der Waals surface area contributed by atoms with Gasteiger partial charge in [0.25, 0.3) is 10.1 Å². The van der Waals surface area contributed by atoms with Crippen molar-refractivity contribution in [3.63, 3.8) is 0 Å². The maximum atomic E-state index is 12.4. The third-order valence-electron chi connectivity index (χ3n) is 4.16. The summed E-state index contributed by atoms with van der Waals surface area (Å²) in [6.45, 7) is 4.53. The van der Waals surface area contributed by atoms with Gasteiger partial charge in [0.15, 0.2) is 12.1 Å². The van der Waals surface area contributed by atoms with Crippen LogP contribution in [0.15, 0.2) is 29.2 Å². The topological polar surface area (TPSA) is 112 Å². The smallest absolute Gasteiger partial charge is 0.297 e. The Morgan fingerprint density at radius 2 is 1.88 bits per heavy atom. The van der Waals surface area contributed by atoms with Crippen LogP contribution in [0.25, 0.3) is 0 Å². The third-order valence-corrected chi connectivity index (χ3v) is 5.51. The van der Waals surface area contributed by atoms with Crippen LogP contribution < -0.4 is 0 Å². The zero-order chi connectivity index (χ0) is 18.4. The van der Waals surface area contributed by atoms with Crippen molar-refractivity contribution in [1.82, 2.24) is 0 Å². The predicted molar refractivity (Wildman–Crippen MR) is 85.0 cm³/mol.